The van der Waals surface area contributed by atoms with Gasteiger partial charge in [0.2, 0.25) is 0 Å². The number of ketones is 1. The first kappa shape index (κ1) is 10.6. The molecule has 0 amide bonds. The first-order valence-electron chi connectivity index (χ1n) is 4.41. The summed E-state index contributed by atoms with van der Waals surface area (Å²) in [7, 11) is 2.05. The van der Waals surface area contributed by atoms with Gasteiger partial charge in [0, 0.05) is 25.9 Å². The summed E-state index contributed by atoms with van der Waals surface area (Å²) in [5.74, 6) is 0.420. The smallest absolute Gasteiger partial charge is 0.135 e. The summed E-state index contributed by atoms with van der Waals surface area (Å²) < 4.78 is 0. The Balaban J connectivity index is 0.000000292. The van der Waals surface area contributed by atoms with Crippen LogP contribution in [0.4, 0.5) is 0 Å². The molecule has 1 aliphatic heterocycles. The molecule has 0 atom stereocenters. The summed E-state index contributed by atoms with van der Waals surface area (Å²) in [5.41, 5.74) is 0. The number of carbonyl (C=O) groups excluding carboxylic acids is 1. The van der Waals surface area contributed by atoms with Crippen molar-refractivity contribution in [2.45, 2.75) is 33.1 Å². The predicted octanol–water partition coefficient (Wildman–Crippen LogP) is 1.70. The number of piperidine rings is 1. The standard InChI is InChI=1S/C6H11NO.C3H8/c1-7-4-2-6(8)3-5-7;1-3-2/h2-5H2,1H3;3H2,1-2H3. The van der Waals surface area contributed by atoms with Gasteiger partial charge in [-0.1, -0.05) is 20.3 Å². The Hall–Kier alpha value is -0.370. The van der Waals surface area contributed by atoms with E-state index in [-0.39, 0.29) is 0 Å². The molecule has 1 rings (SSSR count). The highest BCUT2D eigenvalue weighted by Crippen LogP contribution is 2.01. The first-order chi connectivity index (χ1) is 5.20. The second kappa shape index (κ2) is 6.35. The predicted molar refractivity (Wildman–Crippen MR) is 47.7 cm³/mol. The van der Waals surface area contributed by atoms with E-state index >= 15 is 0 Å². The number of hydrogen-bond acceptors (Lipinski definition) is 2. The van der Waals surface area contributed by atoms with Gasteiger partial charge in [-0.05, 0) is 7.05 Å². The van der Waals surface area contributed by atoms with Crippen LogP contribution in [0.3, 0.4) is 0 Å². The molecule has 0 radical (unpaired) electrons. The number of rotatable bonds is 0. The third kappa shape index (κ3) is 6.05. The van der Waals surface area contributed by atoms with Crippen LogP contribution >= 0.6 is 0 Å². The number of Topliss-reactive ketones (excluding diaryl/α,β-unsaturated/α-hetero) is 1. The van der Waals surface area contributed by atoms with Gasteiger partial charge in [-0.15, -0.1) is 0 Å². The van der Waals surface area contributed by atoms with Crippen LogP contribution in [-0.4, -0.2) is 30.8 Å². The molecule has 1 saturated heterocycles. The molecule has 0 bridgehead atoms. The molecule has 0 aromatic carbocycles. The summed E-state index contributed by atoms with van der Waals surface area (Å²) in [6.07, 6.45) is 2.77. The Kier molecular flexibility index (Phi) is 6.13. The van der Waals surface area contributed by atoms with Gasteiger partial charge in [-0.25, -0.2) is 0 Å². The molecule has 11 heavy (non-hydrogen) atoms. The van der Waals surface area contributed by atoms with E-state index in [0.717, 1.165) is 25.9 Å². The quantitative estimate of drug-likeness (QED) is 0.533. The molecular weight excluding hydrogens is 138 g/mol. The van der Waals surface area contributed by atoms with Crippen molar-refractivity contribution in [3.05, 3.63) is 0 Å². The zero-order chi connectivity index (χ0) is 8.69. The van der Waals surface area contributed by atoms with Crippen molar-refractivity contribution in [3.63, 3.8) is 0 Å². The van der Waals surface area contributed by atoms with Gasteiger partial charge in [0.15, 0.2) is 0 Å². The summed E-state index contributed by atoms with van der Waals surface area (Å²) >= 11 is 0. The topological polar surface area (TPSA) is 20.3 Å². The minimum Gasteiger partial charge on any atom is -0.305 e. The lowest BCUT2D eigenvalue weighted by atomic mass is 10.1. The van der Waals surface area contributed by atoms with Crippen molar-refractivity contribution in [2.24, 2.45) is 0 Å². The fraction of sp³-hybridized carbons (Fsp3) is 0.889. The summed E-state index contributed by atoms with van der Waals surface area (Å²) in [5, 5.41) is 0. The van der Waals surface area contributed by atoms with Gasteiger partial charge < -0.3 is 4.90 Å². The molecule has 0 unspecified atom stereocenters. The highest BCUT2D eigenvalue weighted by molar-refractivity contribution is 5.79. The van der Waals surface area contributed by atoms with E-state index in [4.69, 9.17) is 0 Å². The van der Waals surface area contributed by atoms with Gasteiger partial charge in [0.25, 0.3) is 0 Å². The molecule has 0 N–H and O–H groups in total. The summed E-state index contributed by atoms with van der Waals surface area (Å²) in [6.45, 7) is 6.16. The Bertz CT molecular complexity index is 102. The third-order valence-electron chi connectivity index (χ3n) is 1.54. The second-order valence-electron chi connectivity index (χ2n) is 3.05. The van der Waals surface area contributed by atoms with Gasteiger partial charge >= 0.3 is 0 Å². The molecular formula is C9H19NO. The van der Waals surface area contributed by atoms with E-state index in [9.17, 15) is 4.79 Å². The van der Waals surface area contributed by atoms with Crippen LogP contribution in [0.15, 0.2) is 0 Å². The molecule has 1 aliphatic rings. The lowest BCUT2D eigenvalue weighted by Crippen LogP contribution is -2.29. The Morgan fingerprint density at radius 2 is 1.64 bits per heavy atom. The third-order valence-corrected chi connectivity index (χ3v) is 1.54. The van der Waals surface area contributed by atoms with Gasteiger partial charge in [0.05, 0.1) is 0 Å². The molecule has 0 aromatic rings. The highest BCUT2D eigenvalue weighted by Gasteiger charge is 2.10. The monoisotopic (exact) mass is 157 g/mol. The number of hydrogen-bond donors (Lipinski definition) is 0. The number of carbonyl (C=O) groups is 1. The van der Waals surface area contributed by atoms with Gasteiger partial charge in [-0.3, -0.25) is 4.79 Å². The molecule has 0 aromatic heterocycles. The maximum Gasteiger partial charge on any atom is 0.135 e. The van der Waals surface area contributed by atoms with Crippen LogP contribution in [0.5, 0.6) is 0 Å². The molecule has 0 saturated carbocycles. The maximum absolute atomic E-state index is 10.6. The normalized spacial score (nSPS) is 19.0. The van der Waals surface area contributed by atoms with E-state index < -0.39 is 0 Å². The van der Waals surface area contributed by atoms with E-state index in [2.05, 4.69) is 18.7 Å². The first-order valence-corrected chi connectivity index (χ1v) is 4.41. The molecule has 0 aliphatic carbocycles. The fourth-order valence-electron chi connectivity index (χ4n) is 0.868. The Morgan fingerprint density at radius 3 is 1.91 bits per heavy atom. The van der Waals surface area contributed by atoms with Crippen molar-refractivity contribution < 1.29 is 4.79 Å². The molecule has 0 spiro atoms. The SMILES string of the molecule is CCC.CN1CCC(=O)CC1. The van der Waals surface area contributed by atoms with E-state index in [0.29, 0.717) is 5.78 Å². The Labute approximate surface area is 69.6 Å². The van der Waals surface area contributed by atoms with Crippen molar-refractivity contribution in [1.29, 1.82) is 0 Å². The van der Waals surface area contributed by atoms with Crippen molar-refractivity contribution >= 4 is 5.78 Å². The lowest BCUT2D eigenvalue weighted by Gasteiger charge is -2.19. The zero-order valence-electron chi connectivity index (χ0n) is 7.89. The minimum absolute atomic E-state index is 0.420. The molecule has 1 heterocycles. The molecule has 2 heteroatoms. The largest absolute Gasteiger partial charge is 0.305 e. The average Bonchev–Trinajstić information content (AvgIpc) is 1.97. The highest BCUT2D eigenvalue weighted by atomic mass is 16.1. The average molecular weight is 157 g/mol. The van der Waals surface area contributed by atoms with Crippen LogP contribution in [-0.2, 0) is 4.79 Å². The van der Waals surface area contributed by atoms with Crippen molar-refractivity contribution in [1.82, 2.24) is 4.90 Å². The molecule has 66 valence electrons. The lowest BCUT2D eigenvalue weighted by molar-refractivity contribution is -0.121. The second-order valence-corrected chi connectivity index (χ2v) is 3.05. The van der Waals surface area contributed by atoms with Gasteiger partial charge in [0.1, 0.15) is 5.78 Å². The summed E-state index contributed by atoms with van der Waals surface area (Å²) in [6, 6.07) is 0. The van der Waals surface area contributed by atoms with Crippen LogP contribution < -0.4 is 0 Å². The number of nitrogens with zero attached hydrogens (tertiary/aromatic N) is 1. The Morgan fingerprint density at radius 1 is 1.27 bits per heavy atom. The van der Waals surface area contributed by atoms with Gasteiger partial charge in [-0.2, -0.15) is 0 Å². The summed E-state index contributed by atoms with van der Waals surface area (Å²) in [4.78, 5) is 12.8. The molecule has 2 nitrogen and oxygen atoms in total. The molecule has 1 fully saturated rings. The van der Waals surface area contributed by atoms with Crippen molar-refractivity contribution in [2.75, 3.05) is 20.1 Å². The fourth-order valence-corrected chi connectivity index (χ4v) is 0.868. The van der Waals surface area contributed by atoms with Crippen LogP contribution in [0, 0.1) is 0 Å². The maximum atomic E-state index is 10.6. The van der Waals surface area contributed by atoms with Crippen molar-refractivity contribution in [3.8, 4) is 0 Å². The van der Waals surface area contributed by atoms with Crippen LogP contribution in [0.1, 0.15) is 33.1 Å². The van der Waals surface area contributed by atoms with E-state index in [1.807, 2.05) is 7.05 Å². The van der Waals surface area contributed by atoms with Crippen LogP contribution in [0.25, 0.3) is 0 Å². The van der Waals surface area contributed by atoms with Crippen LogP contribution in [0.2, 0.25) is 0 Å². The minimum atomic E-state index is 0.420. The zero-order valence-corrected chi connectivity index (χ0v) is 7.89. The van der Waals surface area contributed by atoms with E-state index in [1.165, 1.54) is 6.42 Å². The van der Waals surface area contributed by atoms with E-state index in [1.54, 1.807) is 0 Å². The number of likely N-dealkylation sites (tertiary alicyclic amines) is 1.